The van der Waals surface area contributed by atoms with Crippen LogP contribution in [0.1, 0.15) is 38.5 Å². The van der Waals surface area contributed by atoms with E-state index in [1.807, 2.05) is 18.2 Å². The molecule has 0 aliphatic heterocycles. The zero-order valence-corrected chi connectivity index (χ0v) is 16.7. The minimum Gasteiger partial charge on any atom is -0.230 e. The lowest BCUT2D eigenvalue weighted by molar-refractivity contribution is 0.578. The van der Waals surface area contributed by atoms with Gasteiger partial charge in [0.1, 0.15) is 0 Å². The minimum absolute atomic E-state index is 0.184. The molecule has 0 saturated carbocycles. The van der Waals surface area contributed by atoms with Crippen LogP contribution in [0.2, 0.25) is 0 Å². The molecule has 1 aromatic carbocycles. The van der Waals surface area contributed by atoms with Crippen molar-refractivity contribution in [1.29, 1.82) is 0 Å². The molecule has 0 bridgehead atoms. The topological polar surface area (TPSA) is 59.1 Å². The molecule has 0 saturated heterocycles. The first-order valence-electron chi connectivity index (χ1n) is 8.76. The van der Waals surface area contributed by atoms with E-state index in [1.165, 1.54) is 23.1 Å². The maximum absolute atomic E-state index is 12.1. The molecule has 0 atom stereocenters. The standard InChI is InChI=1S/C18H24N2O2S3/c21-25(22,19-12-11-15-7-2-1-3-8-15)14-6-13-23-18-20-16-9-4-5-10-17(16)24-18/h4-5,7,9-10,19H,1-3,6,8,11-14H2. The fourth-order valence-corrected chi connectivity index (χ4v) is 6.23. The van der Waals surface area contributed by atoms with Crippen LogP contribution in [0.4, 0.5) is 0 Å². The first kappa shape index (κ1) is 18.9. The third kappa shape index (κ3) is 6.09. The first-order chi connectivity index (χ1) is 12.1. The van der Waals surface area contributed by atoms with E-state index in [4.69, 9.17) is 0 Å². The number of para-hydroxylation sites is 1. The Morgan fingerprint density at radius 1 is 1.24 bits per heavy atom. The molecule has 1 aliphatic rings. The predicted octanol–water partition coefficient (Wildman–Crippen LogP) is 4.59. The molecule has 0 fully saturated rings. The van der Waals surface area contributed by atoms with Gasteiger partial charge >= 0.3 is 0 Å². The monoisotopic (exact) mass is 396 g/mol. The van der Waals surface area contributed by atoms with Crippen LogP contribution in [0, 0.1) is 0 Å². The van der Waals surface area contributed by atoms with Crippen LogP contribution < -0.4 is 4.72 Å². The highest BCUT2D eigenvalue weighted by molar-refractivity contribution is 8.01. The van der Waals surface area contributed by atoms with Gasteiger partial charge in [0, 0.05) is 12.3 Å². The smallest absolute Gasteiger partial charge is 0.211 e. The molecular formula is C18H24N2O2S3. The Kier molecular flexibility index (Phi) is 6.92. The van der Waals surface area contributed by atoms with Crippen molar-refractivity contribution < 1.29 is 8.42 Å². The Balaban J connectivity index is 1.36. The molecule has 0 spiro atoms. The lowest BCUT2D eigenvalue weighted by Gasteiger charge is -2.13. The number of sulfonamides is 1. The Labute approximate surface area is 158 Å². The second kappa shape index (κ2) is 9.16. The van der Waals surface area contributed by atoms with Crippen LogP contribution in [0.3, 0.4) is 0 Å². The van der Waals surface area contributed by atoms with Gasteiger partial charge in [0.25, 0.3) is 0 Å². The molecule has 0 amide bonds. The molecule has 25 heavy (non-hydrogen) atoms. The van der Waals surface area contributed by atoms with Crippen molar-refractivity contribution in [2.45, 2.75) is 42.9 Å². The number of nitrogens with zero attached hydrogens (tertiary/aromatic N) is 1. The molecule has 3 rings (SSSR count). The van der Waals surface area contributed by atoms with Gasteiger partial charge in [0.2, 0.25) is 10.0 Å². The molecule has 1 N–H and O–H groups in total. The van der Waals surface area contributed by atoms with Crippen LogP contribution in [0.25, 0.3) is 10.2 Å². The maximum Gasteiger partial charge on any atom is 0.211 e. The molecule has 1 aromatic heterocycles. The second-order valence-corrected chi connectivity index (χ2v) is 10.5. The van der Waals surface area contributed by atoms with Gasteiger partial charge in [-0.3, -0.25) is 0 Å². The van der Waals surface area contributed by atoms with Gasteiger partial charge in [0.15, 0.2) is 4.34 Å². The van der Waals surface area contributed by atoms with Gasteiger partial charge in [-0.2, -0.15) is 0 Å². The van der Waals surface area contributed by atoms with E-state index in [0.717, 1.165) is 34.9 Å². The SMILES string of the molecule is O=S(=O)(CCCSc1nc2ccccc2s1)NCCC1=CCCCC1. The lowest BCUT2D eigenvalue weighted by Crippen LogP contribution is -2.28. The van der Waals surface area contributed by atoms with Gasteiger partial charge in [-0.05, 0) is 50.7 Å². The maximum atomic E-state index is 12.1. The zero-order chi connectivity index (χ0) is 17.5. The van der Waals surface area contributed by atoms with Crippen molar-refractivity contribution in [3.63, 3.8) is 0 Å². The summed E-state index contributed by atoms with van der Waals surface area (Å²) in [6, 6.07) is 8.06. The van der Waals surface area contributed by atoms with Crippen LogP contribution in [-0.2, 0) is 10.0 Å². The summed E-state index contributed by atoms with van der Waals surface area (Å²) in [6.07, 6.45) is 8.53. The van der Waals surface area contributed by atoms with E-state index < -0.39 is 10.0 Å². The molecule has 1 aliphatic carbocycles. The van der Waals surface area contributed by atoms with Crippen molar-refractivity contribution in [3.05, 3.63) is 35.9 Å². The average Bonchev–Trinajstić information content (AvgIpc) is 3.02. The first-order valence-corrected chi connectivity index (χ1v) is 12.2. The van der Waals surface area contributed by atoms with E-state index in [2.05, 4.69) is 21.8 Å². The van der Waals surface area contributed by atoms with E-state index in [-0.39, 0.29) is 5.75 Å². The number of hydrogen-bond acceptors (Lipinski definition) is 5. The summed E-state index contributed by atoms with van der Waals surface area (Å²) in [7, 11) is -3.17. The molecular weight excluding hydrogens is 372 g/mol. The molecule has 0 unspecified atom stereocenters. The summed E-state index contributed by atoms with van der Waals surface area (Å²) in [5.41, 5.74) is 2.42. The summed E-state index contributed by atoms with van der Waals surface area (Å²) in [6.45, 7) is 0.527. The lowest BCUT2D eigenvalue weighted by atomic mass is 9.97. The van der Waals surface area contributed by atoms with Crippen molar-refractivity contribution in [3.8, 4) is 0 Å². The van der Waals surface area contributed by atoms with Crippen LogP contribution in [0.15, 0.2) is 40.3 Å². The molecule has 7 heteroatoms. The Bertz CT molecular complexity index is 795. The number of rotatable bonds is 9. The number of thioether (sulfide) groups is 1. The number of thiazole rings is 1. The largest absolute Gasteiger partial charge is 0.230 e. The predicted molar refractivity (Wildman–Crippen MR) is 108 cm³/mol. The number of nitrogens with one attached hydrogen (secondary N) is 1. The van der Waals surface area contributed by atoms with Crippen molar-refractivity contribution in [1.82, 2.24) is 9.71 Å². The summed E-state index contributed by atoms with van der Waals surface area (Å²) < 4.78 is 29.1. The van der Waals surface area contributed by atoms with Gasteiger partial charge in [-0.15, -0.1) is 11.3 Å². The van der Waals surface area contributed by atoms with E-state index in [0.29, 0.717) is 13.0 Å². The molecule has 1 heterocycles. The number of aromatic nitrogens is 1. The molecule has 0 radical (unpaired) electrons. The van der Waals surface area contributed by atoms with E-state index in [9.17, 15) is 8.42 Å². The van der Waals surface area contributed by atoms with Crippen LogP contribution in [-0.4, -0.2) is 31.5 Å². The summed E-state index contributed by atoms with van der Waals surface area (Å²) in [4.78, 5) is 4.56. The van der Waals surface area contributed by atoms with Crippen molar-refractivity contribution in [2.24, 2.45) is 0 Å². The summed E-state index contributed by atoms with van der Waals surface area (Å²) in [5, 5.41) is 0. The highest BCUT2D eigenvalue weighted by Crippen LogP contribution is 2.29. The Morgan fingerprint density at radius 3 is 2.92 bits per heavy atom. The molecule has 4 nitrogen and oxygen atoms in total. The second-order valence-electron chi connectivity index (χ2n) is 6.22. The summed E-state index contributed by atoms with van der Waals surface area (Å²) in [5.74, 6) is 0.954. The highest BCUT2D eigenvalue weighted by Gasteiger charge is 2.11. The normalized spacial score (nSPS) is 15.4. The average molecular weight is 397 g/mol. The Morgan fingerprint density at radius 2 is 2.12 bits per heavy atom. The third-order valence-electron chi connectivity index (χ3n) is 4.21. The van der Waals surface area contributed by atoms with Gasteiger partial charge in [0.05, 0.1) is 16.0 Å². The van der Waals surface area contributed by atoms with E-state index in [1.54, 1.807) is 23.1 Å². The van der Waals surface area contributed by atoms with Gasteiger partial charge < -0.3 is 0 Å². The van der Waals surface area contributed by atoms with Crippen molar-refractivity contribution >= 4 is 43.3 Å². The molecule has 136 valence electrons. The quantitative estimate of drug-likeness (QED) is 0.383. The number of benzene rings is 1. The Hall–Kier alpha value is -0.890. The van der Waals surface area contributed by atoms with Gasteiger partial charge in [-0.25, -0.2) is 18.1 Å². The highest BCUT2D eigenvalue weighted by atomic mass is 32.2. The zero-order valence-electron chi connectivity index (χ0n) is 14.2. The van der Waals surface area contributed by atoms with Gasteiger partial charge in [-0.1, -0.05) is 35.5 Å². The fraction of sp³-hybridized carbons (Fsp3) is 0.500. The van der Waals surface area contributed by atoms with Crippen molar-refractivity contribution in [2.75, 3.05) is 18.1 Å². The molecule has 2 aromatic rings. The van der Waals surface area contributed by atoms with Crippen LogP contribution >= 0.6 is 23.1 Å². The number of hydrogen-bond donors (Lipinski definition) is 1. The number of allylic oxidation sites excluding steroid dienone is 1. The number of fused-ring (bicyclic) bond motifs is 1. The third-order valence-corrected chi connectivity index (χ3v) is 7.95. The van der Waals surface area contributed by atoms with Crippen LogP contribution in [0.5, 0.6) is 0 Å². The summed E-state index contributed by atoms with van der Waals surface area (Å²) >= 11 is 3.30. The van der Waals surface area contributed by atoms with E-state index >= 15 is 0 Å². The fourth-order valence-electron chi connectivity index (χ4n) is 2.89. The minimum atomic E-state index is -3.17.